The van der Waals surface area contributed by atoms with Crippen molar-refractivity contribution in [3.05, 3.63) is 84.2 Å². The molecule has 0 fully saturated rings. The van der Waals surface area contributed by atoms with Crippen LogP contribution in [0.25, 0.3) is 22.4 Å². The van der Waals surface area contributed by atoms with E-state index in [0.717, 1.165) is 22.3 Å². The van der Waals surface area contributed by atoms with Crippen molar-refractivity contribution in [3.8, 4) is 17.1 Å². The zero-order valence-electron chi connectivity index (χ0n) is 14.5. The van der Waals surface area contributed by atoms with Gasteiger partial charge in [0.05, 0.1) is 23.1 Å². The first-order chi connectivity index (χ1) is 12.7. The Kier molecular flexibility index (Phi) is 4.40. The summed E-state index contributed by atoms with van der Waals surface area (Å²) in [4.78, 5) is 4.65. The third kappa shape index (κ3) is 3.18. The fourth-order valence-corrected chi connectivity index (χ4v) is 3.11. The molecule has 0 aliphatic rings. The summed E-state index contributed by atoms with van der Waals surface area (Å²) in [5, 5.41) is 0. The van der Waals surface area contributed by atoms with E-state index in [-0.39, 0.29) is 5.82 Å². The largest absolute Gasteiger partial charge is 0.492 e. The zero-order chi connectivity index (χ0) is 17.9. The maximum Gasteiger partial charge on any atom is 0.144 e. The van der Waals surface area contributed by atoms with Crippen molar-refractivity contribution < 1.29 is 9.13 Å². The number of rotatable bonds is 5. The number of benzene rings is 3. The molecule has 0 bridgehead atoms. The van der Waals surface area contributed by atoms with Crippen molar-refractivity contribution >= 4 is 11.0 Å². The molecule has 130 valence electrons. The second-order valence-electron chi connectivity index (χ2n) is 6.22. The van der Waals surface area contributed by atoms with Crippen molar-refractivity contribution in [2.75, 3.05) is 6.61 Å². The lowest BCUT2D eigenvalue weighted by molar-refractivity contribution is 0.300. The molecule has 0 aliphatic carbocycles. The molecule has 3 aromatic carbocycles. The van der Waals surface area contributed by atoms with Gasteiger partial charge in [0.2, 0.25) is 0 Å². The van der Waals surface area contributed by atoms with Gasteiger partial charge in [-0.1, -0.05) is 36.4 Å². The molecule has 0 unspecified atom stereocenters. The molecule has 0 aliphatic heterocycles. The number of halogens is 1. The van der Waals surface area contributed by atoms with E-state index in [9.17, 15) is 4.39 Å². The molecule has 4 aromatic rings. The van der Waals surface area contributed by atoms with Crippen LogP contribution in [0, 0.1) is 12.7 Å². The van der Waals surface area contributed by atoms with E-state index in [0.29, 0.717) is 24.5 Å². The highest BCUT2D eigenvalue weighted by Crippen LogP contribution is 2.26. The normalized spacial score (nSPS) is 11.0. The molecule has 0 saturated carbocycles. The quantitative estimate of drug-likeness (QED) is 0.495. The number of imidazole rings is 1. The van der Waals surface area contributed by atoms with Gasteiger partial charge in [0.25, 0.3) is 0 Å². The second-order valence-corrected chi connectivity index (χ2v) is 6.22. The highest BCUT2D eigenvalue weighted by Gasteiger charge is 2.15. The van der Waals surface area contributed by atoms with Crippen molar-refractivity contribution in [2.45, 2.75) is 13.5 Å². The van der Waals surface area contributed by atoms with Crippen LogP contribution in [0.3, 0.4) is 0 Å². The molecule has 1 heterocycles. The van der Waals surface area contributed by atoms with E-state index in [2.05, 4.69) is 4.98 Å². The van der Waals surface area contributed by atoms with Gasteiger partial charge < -0.3 is 9.30 Å². The molecule has 1 aromatic heterocycles. The monoisotopic (exact) mass is 346 g/mol. The molecular formula is C22H19FN2O. The predicted molar refractivity (Wildman–Crippen MR) is 102 cm³/mol. The van der Waals surface area contributed by atoms with Crippen LogP contribution in [0.4, 0.5) is 4.39 Å². The summed E-state index contributed by atoms with van der Waals surface area (Å²) in [5.74, 6) is 1.18. The van der Waals surface area contributed by atoms with Crippen molar-refractivity contribution in [3.63, 3.8) is 0 Å². The Morgan fingerprint density at radius 3 is 2.62 bits per heavy atom. The standard InChI is InChI=1S/C22H19FN2O/c1-16-7-6-8-17(15-16)26-14-13-25-21-12-5-4-11-20(21)24-22(25)18-9-2-3-10-19(18)23/h2-12,15H,13-14H2,1H3. The summed E-state index contributed by atoms with van der Waals surface area (Å²) in [6.07, 6.45) is 0. The van der Waals surface area contributed by atoms with Gasteiger partial charge in [-0.2, -0.15) is 0 Å². The summed E-state index contributed by atoms with van der Waals surface area (Å²) >= 11 is 0. The predicted octanol–water partition coefficient (Wildman–Crippen LogP) is 5.23. The number of hydrogen-bond donors (Lipinski definition) is 0. The topological polar surface area (TPSA) is 27.1 Å². The molecular weight excluding hydrogens is 327 g/mol. The van der Waals surface area contributed by atoms with Gasteiger partial charge >= 0.3 is 0 Å². The summed E-state index contributed by atoms with van der Waals surface area (Å²) in [7, 11) is 0. The Labute approximate surface area is 151 Å². The second kappa shape index (κ2) is 7.00. The lowest BCUT2D eigenvalue weighted by atomic mass is 10.2. The molecule has 4 heteroatoms. The van der Waals surface area contributed by atoms with E-state index in [1.54, 1.807) is 12.1 Å². The van der Waals surface area contributed by atoms with E-state index in [1.807, 2.05) is 66.1 Å². The van der Waals surface area contributed by atoms with Gasteiger partial charge in [-0.15, -0.1) is 0 Å². The molecule has 0 spiro atoms. The van der Waals surface area contributed by atoms with Crippen LogP contribution in [-0.4, -0.2) is 16.2 Å². The highest BCUT2D eigenvalue weighted by molar-refractivity contribution is 5.80. The first-order valence-electron chi connectivity index (χ1n) is 8.62. The van der Waals surface area contributed by atoms with Gasteiger partial charge in [-0.25, -0.2) is 9.37 Å². The fourth-order valence-electron chi connectivity index (χ4n) is 3.11. The van der Waals surface area contributed by atoms with Crippen LogP contribution in [0.5, 0.6) is 5.75 Å². The molecule has 0 N–H and O–H groups in total. The highest BCUT2D eigenvalue weighted by atomic mass is 19.1. The maximum absolute atomic E-state index is 14.3. The summed E-state index contributed by atoms with van der Waals surface area (Å²) in [5.41, 5.74) is 3.47. The van der Waals surface area contributed by atoms with Crippen LogP contribution in [-0.2, 0) is 6.54 Å². The minimum atomic E-state index is -0.274. The molecule has 3 nitrogen and oxygen atoms in total. The van der Waals surface area contributed by atoms with Gasteiger partial charge in [0.15, 0.2) is 0 Å². The average molecular weight is 346 g/mol. The lowest BCUT2D eigenvalue weighted by Gasteiger charge is -2.11. The number of ether oxygens (including phenoxy) is 1. The first kappa shape index (κ1) is 16.3. The number of nitrogens with zero attached hydrogens (tertiary/aromatic N) is 2. The number of aryl methyl sites for hydroxylation is 1. The van der Waals surface area contributed by atoms with E-state index < -0.39 is 0 Å². The van der Waals surface area contributed by atoms with Crippen LogP contribution in [0.2, 0.25) is 0 Å². The Morgan fingerprint density at radius 2 is 1.77 bits per heavy atom. The number of para-hydroxylation sites is 2. The minimum absolute atomic E-state index is 0.274. The molecule has 0 atom stereocenters. The van der Waals surface area contributed by atoms with Crippen LogP contribution >= 0.6 is 0 Å². The first-order valence-corrected chi connectivity index (χ1v) is 8.62. The van der Waals surface area contributed by atoms with E-state index >= 15 is 0 Å². The summed E-state index contributed by atoms with van der Waals surface area (Å²) in [6, 6.07) is 22.5. The average Bonchev–Trinajstić information content (AvgIpc) is 3.01. The Hall–Kier alpha value is -3.14. The Morgan fingerprint density at radius 1 is 0.962 bits per heavy atom. The summed E-state index contributed by atoms with van der Waals surface area (Å²) in [6.45, 7) is 3.09. The Balaban J connectivity index is 1.67. The van der Waals surface area contributed by atoms with Crippen molar-refractivity contribution in [1.82, 2.24) is 9.55 Å². The van der Waals surface area contributed by atoms with Crippen LogP contribution in [0.1, 0.15) is 5.56 Å². The van der Waals surface area contributed by atoms with Crippen LogP contribution < -0.4 is 4.74 Å². The molecule has 0 radical (unpaired) electrons. The van der Waals surface area contributed by atoms with Crippen molar-refractivity contribution in [1.29, 1.82) is 0 Å². The third-order valence-corrected chi connectivity index (χ3v) is 4.34. The van der Waals surface area contributed by atoms with Gasteiger partial charge in [0.1, 0.15) is 24.0 Å². The SMILES string of the molecule is Cc1cccc(OCCn2c(-c3ccccc3F)nc3ccccc32)c1. The van der Waals surface area contributed by atoms with Crippen molar-refractivity contribution in [2.24, 2.45) is 0 Å². The fraction of sp³-hybridized carbons (Fsp3) is 0.136. The molecule has 4 rings (SSSR count). The van der Waals surface area contributed by atoms with E-state index in [4.69, 9.17) is 4.74 Å². The molecule has 0 saturated heterocycles. The number of hydrogen-bond acceptors (Lipinski definition) is 2. The van der Waals surface area contributed by atoms with Gasteiger partial charge in [-0.3, -0.25) is 0 Å². The third-order valence-electron chi connectivity index (χ3n) is 4.34. The zero-order valence-corrected chi connectivity index (χ0v) is 14.5. The van der Waals surface area contributed by atoms with Crippen LogP contribution in [0.15, 0.2) is 72.8 Å². The van der Waals surface area contributed by atoms with E-state index in [1.165, 1.54) is 6.07 Å². The number of aromatic nitrogens is 2. The molecule has 0 amide bonds. The minimum Gasteiger partial charge on any atom is -0.492 e. The maximum atomic E-state index is 14.3. The summed E-state index contributed by atoms with van der Waals surface area (Å²) < 4.78 is 22.2. The smallest absolute Gasteiger partial charge is 0.144 e. The Bertz CT molecular complexity index is 1050. The number of fused-ring (bicyclic) bond motifs is 1. The molecule has 26 heavy (non-hydrogen) atoms. The van der Waals surface area contributed by atoms with Gasteiger partial charge in [-0.05, 0) is 48.9 Å². The lowest BCUT2D eigenvalue weighted by Crippen LogP contribution is -2.10. The van der Waals surface area contributed by atoms with Gasteiger partial charge in [0, 0.05) is 0 Å².